The maximum absolute atomic E-state index is 12.6. The number of esters is 1. The van der Waals surface area contributed by atoms with Crippen molar-refractivity contribution in [2.24, 2.45) is 0 Å². The predicted octanol–water partition coefficient (Wildman–Crippen LogP) is 5.36. The Labute approximate surface area is 279 Å². The number of hydrogen-bond acceptors (Lipinski definition) is 9. The van der Waals surface area contributed by atoms with Gasteiger partial charge in [0.15, 0.2) is 0 Å². The molecule has 0 spiro atoms. The standard InChI is InChI=1S/C37H40N6O3S/c1-46-35(45)32-12-11-31(25-33(32)29-14-17-40(18-15-29)23-24-44)28-7-9-30(10-8-28)34-26-43-36(38-34)47-37(39-43)42-21-19-41(20-22-42)16-13-27-5-3-2-4-6-27/h2-12,14,25-26,44H,13,15-24H2,1H3. The van der Waals surface area contributed by atoms with E-state index in [2.05, 4.69) is 81.4 Å². The van der Waals surface area contributed by atoms with Gasteiger partial charge in [0.05, 0.1) is 31.2 Å². The van der Waals surface area contributed by atoms with Crippen LogP contribution in [0.5, 0.6) is 0 Å². The summed E-state index contributed by atoms with van der Waals surface area (Å²) in [6.45, 7) is 7.51. The Hall–Kier alpha value is -4.35. The number of imidazole rings is 1. The van der Waals surface area contributed by atoms with Gasteiger partial charge >= 0.3 is 5.97 Å². The molecule has 10 heteroatoms. The molecule has 0 bridgehead atoms. The van der Waals surface area contributed by atoms with E-state index in [0.717, 1.165) is 102 Å². The van der Waals surface area contributed by atoms with Crippen LogP contribution in [0.3, 0.4) is 0 Å². The van der Waals surface area contributed by atoms with Gasteiger partial charge in [-0.05, 0) is 52.8 Å². The predicted molar refractivity (Wildman–Crippen MR) is 188 cm³/mol. The van der Waals surface area contributed by atoms with Crippen molar-refractivity contribution in [1.29, 1.82) is 0 Å². The first kappa shape index (κ1) is 31.3. The first-order valence-electron chi connectivity index (χ1n) is 16.3. The van der Waals surface area contributed by atoms with Crippen LogP contribution >= 0.6 is 11.3 Å². The summed E-state index contributed by atoms with van der Waals surface area (Å²) >= 11 is 1.64. The van der Waals surface area contributed by atoms with E-state index in [0.29, 0.717) is 12.1 Å². The SMILES string of the molecule is COC(=O)c1ccc(-c2ccc(-c3cn4nc(N5CCN(CCc6ccccc6)CC5)sc4n3)cc2)cc1C1=CCN(CCO)CC1. The zero-order valence-electron chi connectivity index (χ0n) is 26.7. The molecule has 2 aliphatic rings. The molecule has 3 aromatic carbocycles. The van der Waals surface area contributed by atoms with Crippen molar-refractivity contribution in [3.05, 3.63) is 102 Å². The van der Waals surface area contributed by atoms with E-state index in [-0.39, 0.29) is 12.6 Å². The van der Waals surface area contributed by atoms with E-state index >= 15 is 0 Å². The number of anilines is 1. The van der Waals surface area contributed by atoms with Crippen LogP contribution in [0.15, 0.2) is 85.1 Å². The van der Waals surface area contributed by atoms with E-state index in [1.165, 1.54) is 12.7 Å². The highest BCUT2D eigenvalue weighted by Crippen LogP contribution is 2.33. The third-order valence-electron chi connectivity index (χ3n) is 9.23. The number of carbonyl (C=O) groups excluding carboxylic acids is 1. The highest BCUT2D eigenvalue weighted by molar-refractivity contribution is 7.20. The Bertz CT molecular complexity index is 1830. The highest BCUT2D eigenvalue weighted by atomic mass is 32.1. The Morgan fingerprint density at radius 1 is 0.894 bits per heavy atom. The molecule has 0 aliphatic carbocycles. The average Bonchev–Trinajstić information content (AvgIpc) is 3.72. The summed E-state index contributed by atoms with van der Waals surface area (Å²) in [7, 11) is 1.42. The van der Waals surface area contributed by atoms with Crippen LogP contribution in [-0.4, -0.2) is 102 Å². The Balaban J connectivity index is 1.02. The number of nitrogens with zero attached hydrogens (tertiary/aromatic N) is 6. The molecule has 47 heavy (non-hydrogen) atoms. The fraction of sp³-hybridized carbons (Fsp3) is 0.324. The molecule has 0 radical (unpaired) electrons. The van der Waals surface area contributed by atoms with E-state index in [1.54, 1.807) is 11.3 Å². The second kappa shape index (κ2) is 14.2. The van der Waals surface area contributed by atoms with Crippen LogP contribution in [0, 0.1) is 0 Å². The summed E-state index contributed by atoms with van der Waals surface area (Å²) in [6, 6.07) is 25.0. The monoisotopic (exact) mass is 648 g/mol. The van der Waals surface area contributed by atoms with E-state index in [9.17, 15) is 9.90 Å². The van der Waals surface area contributed by atoms with Gasteiger partial charge in [0, 0.05) is 57.9 Å². The smallest absolute Gasteiger partial charge is 0.338 e. The molecule has 1 N–H and O–H groups in total. The number of aliphatic hydroxyl groups excluding tert-OH is 1. The fourth-order valence-electron chi connectivity index (χ4n) is 6.46. The third-order valence-corrected chi connectivity index (χ3v) is 10.2. The number of carbonyl (C=O) groups is 1. The quantitative estimate of drug-likeness (QED) is 0.203. The lowest BCUT2D eigenvalue weighted by atomic mass is 9.91. The molecule has 2 aliphatic heterocycles. The van der Waals surface area contributed by atoms with Crippen LogP contribution in [0.2, 0.25) is 0 Å². The number of aromatic nitrogens is 3. The highest BCUT2D eigenvalue weighted by Gasteiger charge is 2.22. The number of hydrogen-bond donors (Lipinski definition) is 1. The average molecular weight is 649 g/mol. The number of benzene rings is 3. The molecular formula is C37H40N6O3S. The van der Waals surface area contributed by atoms with Gasteiger partial charge in [-0.1, -0.05) is 78.1 Å². The van der Waals surface area contributed by atoms with Crippen LogP contribution in [-0.2, 0) is 11.2 Å². The summed E-state index contributed by atoms with van der Waals surface area (Å²) in [5.41, 5.74) is 8.04. The van der Waals surface area contributed by atoms with Crippen molar-refractivity contribution in [1.82, 2.24) is 24.4 Å². The maximum Gasteiger partial charge on any atom is 0.338 e. The fourth-order valence-corrected chi connectivity index (χ4v) is 7.40. The molecule has 0 saturated carbocycles. The number of piperazine rings is 1. The Kier molecular flexibility index (Phi) is 9.44. The summed E-state index contributed by atoms with van der Waals surface area (Å²) in [5.74, 6) is -0.335. The van der Waals surface area contributed by atoms with Gasteiger partial charge in [-0.15, -0.1) is 5.10 Å². The minimum atomic E-state index is -0.335. The molecule has 2 aromatic heterocycles. The zero-order chi connectivity index (χ0) is 32.2. The Morgan fingerprint density at radius 2 is 1.66 bits per heavy atom. The number of ether oxygens (including phenoxy) is 1. The van der Waals surface area contributed by atoms with Crippen molar-refractivity contribution in [2.45, 2.75) is 12.8 Å². The molecule has 9 nitrogen and oxygen atoms in total. The summed E-state index contributed by atoms with van der Waals surface area (Å²) in [5, 5.41) is 15.2. The van der Waals surface area contributed by atoms with Gasteiger partial charge < -0.3 is 14.7 Å². The Morgan fingerprint density at radius 3 is 2.36 bits per heavy atom. The lowest BCUT2D eigenvalue weighted by Crippen LogP contribution is -2.47. The number of methoxy groups -OCH3 is 1. The molecule has 1 saturated heterocycles. The minimum Gasteiger partial charge on any atom is -0.465 e. The number of aliphatic hydroxyl groups is 1. The molecule has 7 rings (SSSR count). The van der Waals surface area contributed by atoms with E-state index in [1.807, 2.05) is 22.8 Å². The molecular weight excluding hydrogens is 609 g/mol. The lowest BCUT2D eigenvalue weighted by molar-refractivity contribution is 0.0600. The summed E-state index contributed by atoms with van der Waals surface area (Å²) in [6.07, 6.45) is 6.07. The van der Waals surface area contributed by atoms with E-state index in [4.69, 9.17) is 14.8 Å². The van der Waals surface area contributed by atoms with Crippen LogP contribution in [0.1, 0.15) is 27.9 Å². The maximum atomic E-state index is 12.6. The third kappa shape index (κ3) is 7.01. The largest absolute Gasteiger partial charge is 0.465 e. The molecule has 242 valence electrons. The van der Waals surface area contributed by atoms with Crippen molar-refractivity contribution >= 4 is 33.0 Å². The lowest BCUT2D eigenvalue weighted by Gasteiger charge is -2.34. The summed E-state index contributed by atoms with van der Waals surface area (Å²) in [4.78, 5) is 25.6. The van der Waals surface area contributed by atoms with Crippen molar-refractivity contribution < 1.29 is 14.6 Å². The second-order valence-corrected chi connectivity index (χ2v) is 13.1. The number of fused-ring (bicyclic) bond motifs is 1. The van der Waals surface area contributed by atoms with Crippen LogP contribution < -0.4 is 4.90 Å². The van der Waals surface area contributed by atoms with Gasteiger partial charge in [0.25, 0.3) is 0 Å². The number of β-amino-alcohol motifs (C(OH)–C–C–N with tert-alkyl or cyclic N) is 1. The van der Waals surface area contributed by atoms with Crippen LogP contribution in [0.25, 0.3) is 32.9 Å². The van der Waals surface area contributed by atoms with Gasteiger partial charge in [-0.25, -0.2) is 14.3 Å². The van der Waals surface area contributed by atoms with Crippen molar-refractivity contribution in [2.75, 3.05) is 71.0 Å². The van der Waals surface area contributed by atoms with Crippen molar-refractivity contribution in [3.8, 4) is 22.4 Å². The molecule has 4 heterocycles. The molecule has 5 aromatic rings. The first-order chi connectivity index (χ1) is 23.1. The van der Waals surface area contributed by atoms with Crippen LogP contribution in [0.4, 0.5) is 5.13 Å². The zero-order valence-corrected chi connectivity index (χ0v) is 27.5. The molecule has 0 atom stereocenters. The normalized spacial score (nSPS) is 16.0. The molecule has 0 unspecified atom stereocenters. The molecule has 1 fully saturated rings. The van der Waals surface area contributed by atoms with E-state index < -0.39 is 0 Å². The van der Waals surface area contributed by atoms with Gasteiger partial charge in [0.1, 0.15) is 0 Å². The topological polar surface area (TPSA) is 86.4 Å². The van der Waals surface area contributed by atoms with Gasteiger partial charge in [-0.2, -0.15) is 0 Å². The van der Waals surface area contributed by atoms with Gasteiger partial charge in [0.2, 0.25) is 10.1 Å². The second-order valence-electron chi connectivity index (χ2n) is 12.1. The van der Waals surface area contributed by atoms with Crippen molar-refractivity contribution in [3.63, 3.8) is 0 Å². The summed E-state index contributed by atoms with van der Waals surface area (Å²) < 4.78 is 7.00. The van der Waals surface area contributed by atoms with Gasteiger partial charge in [-0.3, -0.25) is 9.80 Å². The number of rotatable bonds is 10. The molecule has 0 amide bonds. The minimum absolute atomic E-state index is 0.143. The first-order valence-corrected chi connectivity index (χ1v) is 17.1.